The Morgan fingerprint density at radius 1 is 1.17 bits per heavy atom. The molecule has 1 amide bonds. The molecule has 0 aliphatic carbocycles. The first kappa shape index (κ1) is 23.0. The van der Waals surface area contributed by atoms with Crippen molar-refractivity contribution in [1.82, 2.24) is 29.5 Å². The molecular formula is C24H26F2N8O. The van der Waals surface area contributed by atoms with Crippen molar-refractivity contribution in [2.24, 2.45) is 5.73 Å². The van der Waals surface area contributed by atoms with E-state index in [0.29, 0.717) is 23.6 Å². The van der Waals surface area contributed by atoms with Gasteiger partial charge >= 0.3 is 0 Å². The predicted octanol–water partition coefficient (Wildman–Crippen LogP) is 3.14. The molecule has 0 bridgehead atoms. The number of likely N-dealkylation sites (tertiary alicyclic amines) is 1. The Hall–Kier alpha value is -3.73. The zero-order chi connectivity index (χ0) is 25.1. The third-order valence-electron chi connectivity index (χ3n) is 6.51. The van der Waals surface area contributed by atoms with E-state index in [4.69, 9.17) is 11.5 Å². The third kappa shape index (κ3) is 4.05. The number of nitrogens with two attached hydrogens (primary N) is 2. The normalized spacial score (nSPS) is 19.0. The molecule has 4 heterocycles. The van der Waals surface area contributed by atoms with Gasteiger partial charge in [0.1, 0.15) is 11.3 Å². The Labute approximate surface area is 200 Å². The molecule has 1 fully saturated rings. The van der Waals surface area contributed by atoms with Gasteiger partial charge in [-0.15, -0.1) is 5.10 Å². The number of piperidine rings is 1. The first-order valence-electron chi connectivity index (χ1n) is 11.4. The van der Waals surface area contributed by atoms with Crippen LogP contribution in [0.1, 0.15) is 61.4 Å². The van der Waals surface area contributed by atoms with E-state index >= 15 is 0 Å². The van der Waals surface area contributed by atoms with E-state index in [1.165, 1.54) is 4.52 Å². The molecule has 4 aromatic rings. The number of rotatable bonds is 3. The molecule has 0 saturated carbocycles. The van der Waals surface area contributed by atoms with Gasteiger partial charge in [0.2, 0.25) is 5.95 Å². The Kier molecular flexibility index (Phi) is 5.39. The lowest BCUT2D eigenvalue weighted by Crippen LogP contribution is -2.45. The van der Waals surface area contributed by atoms with Crippen LogP contribution in [0.15, 0.2) is 30.5 Å². The lowest BCUT2D eigenvalue weighted by molar-refractivity contribution is 0.0605. The summed E-state index contributed by atoms with van der Waals surface area (Å²) >= 11 is 0. The fourth-order valence-corrected chi connectivity index (χ4v) is 4.52. The van der Waals surface area contributed by atoms with Gasteiger partial charge in [-0.3, -0.25) is 9.78 Å². The minimum absolute atomic E-state index is 0.0113. The van der Waals surface area contributed by atoms with Crippen molar-refractivity contribution in [3.63, 3.8) is 0 Å². The highest BCUT2D eigenvalue weighted by molar-refractivity contribution is 5.94. The summed E-state index contributed by atoms with van der Waals surface area (Å²) in [7, 11) is 0. The Morgan fingerprint density at radius 2 is 1.94 bits per heavy atom. The number of anilines is 1. The number of amides is 1. The van der Waals surface area contributed by atoms with Crippen LogP contribution in [-0.4, -0.2) is 48.0 Å². The molecule has 3 aromatic heterocycles. The standard InChI is InChI=1S/C24H26F2N8O/c1-12-4-5-14(11-33(12)22(35)13-6-7-18(29-10-13)24(2,3)28)20-31-21-16-8-15(25)9-17(26)19(16)30-23(27)34(21)32-20/h6-10,12,14H,4-5,11,28H2,1-3H3,(H2,27,30)/t12-,14+/m0/s1. The minimum Gasteiger partial charge on any atom is -0.368 e. The molecule has 0 unspecified atom stereocenters. The minimum atomic E-state index is -0.820. The SMILES string of the molecule is C[C@H]1CC[C@@H](c2nc3c4cc(F)cc(F)c4nc(N)n3n2)CN1C(=O)c1ccc(C(C)(C)N)nc1. The van der Waals surface area contributed by atoms with Gasteiger partial charge in [0, 0.05) is 30.8 Å². The number of carbonyl (C=O) groups is 1. The monoisotopic (exact) mass is 480 g/mol. The van der Waals surface area contributed by atoms with E-state index < -0.39 is 17.2 Å². The first-order valence-corrected chi connectivity index (χ1v) is 11.4. The van der Waals surface area contributed by atoms with Gasteiger partial charge in [-0.1, -0.05) is 0 Å². The number of hydrogen-bond acceptors (Lipinski definition) is 7. The Morgan fingerprint density at radius 3 is 2.63 bits per heavy atom. The molecule has 4 N–H and O–H groups in total. The van der Waals surface area contributed by atoms with Crippen LogP contribution in [0.5, 0.6) is 0 Å². The van der Waals surface area contributed by atoms with Crippen molar-refractivity contribution < 1.29 is 13.6 Å². The number of fused-ring (bicyclic) bond motifs is 3. The molecule has 1 aromatic carbocycles. The molecular weight excluding hydrogens is 454 g/mol. The van der Waals surface area contributed by atoms with Gasteiger partial charge < -0.3 is 16.4 Å². The molecule has 0 spiro atoms. The number of benzene rings is 1. The summed E-state index contributed by atoms with van der Waals surface area (Å²) in [6.07, 6.45) is 3.03. The first-order chi connectivity index (χ1) is 16.5. The molecule has 182 valence electrons. The lowest BCUT2D eigenvalue weighted by atomic mass is 9.92. The van der Waals surface area contributed by atoms with Crippen LogP contribution in [0.2, 0.25) is 0 Å². The lowest BCUT2D eigenvalue weighted by Gasteiger charge is -2.37. The van der Waals surface area contributed by atoms with Crippen LogP contribution in [-0.2, 0) is 5.54 Å². The van der Waals surface area contributed by atoms with Crippen LogP contribution in [0.3, 0.4) is 0 Å². The largest absolute Gasteiger partial charge is 0.368 e. The molecule has 35 heavy (non-hydrogen) atoms. The summed E-state index contributed by atoms with van der Waals surface area (Å²) in [4.78, 5) is 28.1. The second-order valence-corrected chi connectivity index (χ2v) is 9.69. The van der Waals surface area contributed by atoms with Gasteiger partial charge in [0.15, 0.2) is 17.3 Å². The maximum absolute atomic E-state index is 14.3. The van der Waals surface area contributed by atoms with Crippen molar-refractivity contribution in [3.8, 4) is 0 Å². The smallest absolute Gasteiger partial charge is 0.255 e. The molecule has 5 rings (SSSR count). The average molecular weight is 481 g/mol. The highest BCUT2D eigenvalue weighted by Crippen LogP contribution is 2.31. The van der Waals surface area contributed by atoms with E-state index in [1.54, 1.807) is 23.2 Å². The highest BCUT2D eigenvalue weighted by atomic mass is 19.1. The zero-order valence-corrected chi connectivity index (χ0v) is 19.7. The zero-order valence-electron chi connectivity index (χ0n) is 19.7. The molecule has 1 aliphatic heterocycles. The second-order valence-electron chi connectivity index (χ2n) is 9.69. The van der Waals surface area contributed by atoms with Crippen molar-refractivity contribution in [3.05, 3.63) is 59.2 Å². The number of aromatic nitrogens is 5. The van der Waals surface area contributed by atoms with Crippen molar-refractivity contribution in [1.29, 1.82) is 0 Å². The third-order valence-corrected chi connectivity index (χ3v) is 6.51. The summed E-state index contributed by atoms with van der Waals surface area (Å²) in [5.41, 5.74) is 12.8. The van der Waals surface area contributed by atoms with Crippen LogP contribution in [0, 0.1) is 11.6 Å². The van der Waals surface area contributed by atoms with Crippen LogP contribution >= 0.6 is 0 Å². The van der Waals surface area contributed by atoms with Crippen molar-refractivity contribution >= 4 is 28.4 Å². The summed E-state index contributed by atoms with van der Waals surface area (Å²) in [5, 5.41) is 4.67. The predicted molar refractivity (Wildman–Crippen MR) is 127 cm³/mol. The van der Waals surface area contributed by atoms with E-state index in [2.05, 4.69) is 20.1 Å². The maximum Gasteiger partial charge on any atom is 0.255 e. The molecule has 0 radical (unpaired) electrons. The van der Waals surface area contributed by atoms with E-state index in [-0.39, 0.29) is 40.4 Å². The van der Waals surface area contributed by atoms with Crippen molar-refractivity contribution in [2.75, 3.05) is 12.3 Å². The van der Waals surface area contributed by atoms with E-state index in [0.717, 1.165) is 25.0 Å². The van der Waals surface area contributed by atoms with E-state index in [1.807, 2.05) is 20.8 Å². The van der Waals surface area contributed by atoms with Crippen molar-refractivity contribution in [2.45, 2.75) is 51.1 Å². The van der Waals surface area contributed by atoms with E-state index in [9.17, 15) is 13.6 Å². The second kappa shape index (κ2) is 8.19. The Balaban J connectivity index is 1.47. The van der Waals surface area contributed by atoms with Gasteiger partial charge in [0.05, 0.1) is 22.2 Å². The maximum atomic E-state index is 14.3. The molecule has 1 aliphatic rings. The van der Waals surface area contributed by atoms with Crippen LogP contribution in [0.25, 0.3) is 16.6 Å². The molecule has 11 heteroatoms. The summed E-state index contributed by atoms with van der Waals surface area (Å²) in [5.74, 6) is -1.50. The fraction of sp³-hybridized carbons (Fsp3) is 0.375. The van der Waals surface area contributed by atoms with Gasteiger partial charge in [-0.25, -0.2) is 18.7 Å². The molecule has 1 saturated heterocycles. The summed E-state index contributed by atoms with van der Waals surface area (Å²) < 4.78 is 29.5. The number of nitrogen functional groups attached to an aromatic ring is 1. The Bertz CT molecular complexity index is 1440. The summed E-state index contributed by atoms with van der Waals surface area (Å²) in [6, 6.07) is 5.43. The highest BCUT2D eigenvalue weighted by Gasteiger charge is 2.33. The number of hydrogen-bond donors (Lipinski definition) is 2. The van der Waals surface area contributed by atoms with Crippen LogP contribution < -0.4 is 11.5 Å². The number of carbonyl (C=O) groups excluding carboxylic acids is 1. The molecule has 9 nitrogen and oxygen atoms in total. The van der Waals surface area contributed by atoms with Gasteiger partial charge in [-0.2, -0.15) is 4.52 Å². The van der Waals surface area contributed by atoms with Crippen LogP contribution in [0.4, 0.5) is 14.7 Å². The fourth-order valence-electron chi connectivity index (χ4n) is 4.52. The summed E-state index contributed by atoms with van der Waals surface area (Å²) in [6.45, 7) is 6.08. The molecule has 2 atom stereocenters. The number of pyridine rings is 1. The topological polar surface area (TPSA) is 128 Å². The number of nitrogens with zero attached hydrogens (tertiary/aromatic N) is 6. The average Bonchev–Trinajstić information content (AvgIpc) is 3.26. The quantitative estimate of drug-likeness (QED) is 0.461. The van der Waals surface area contributed by atoms with Gasteiger partial charge in [0.25, 0.3) is 5.91 Å². The van der Waals surface area contributed by atoms with Gasteiger partial charge in [-0.05, 0) is 51.8 Å². The number of halogens is 2.